The van der Waals surface area contributed by atoms with Crippen LogP contribution in [0.2, 0.25) is 0 Å². The zero-order chi connectivity index (χ0) is 13.6. The molecule has 0 radical (unpaired) electrons. The topological polar surface area (TPSA) is 22.1 Å². The standard InChI is InChI=1S/C17H17NO/c1-10-5-6-15-13(7-10)8-14-9-16(19-4)11(2)12(3)17(14)18-15/h5-9H,1-4H3. The van der Waals surface area contributed by atoms with E-state index in [1.54, 1.807) is 7.11 Å². The molecule has 0 fully saturated rings. The van der Waals surface area contributed by atoms with Crippen LogP contribution >= 0.6 is 0 Å². The van der Waals surface area contributed by atoms with Crippen LogP contribution in [0.5, 0.6) is 5.75 Å². The van der Waals surface area contributed by atoms with E-state index in [0.717, 1.165) is 27.7 Å². The molecule has 2 aromatic carbocycles. The quantitative estimate of drug-likeness (QED) is 0.601. The number of aryl methyl sites for hydroxylation is 2. The molecule has 3 rings (SSSR count). The first-order valence-electron chi connectivity index (χ1n) is 6.45. The molecule has 2 heteroatoms. The molecule has 0 N–H and O–H groups in total. The summed E-state index contributed by atoms with van der Waals surface area (Å²) < 4.78 is 5.44. The first kappa shape index (κ1) is 12.0. The van der Waals surface area contributed by atoms with Gasteiger partial charge in [-0.2, -0.15) is 0 Å². The Morgan fingerprint density at radius 2 is 1.68 bits per heavy atom. The predicted octanol–water partition coefficient (Wildman–Crippen LogP) is 4.32. The van der Waals surface area contributed by atoms with Crippen LogP contribution in [-0.4, -0.2) is 12.1 Å². The van der Waals surface area contributed by atoms with Crippen molar-refractivity contribution in [3.05, 3.63) is 47.0 Å². The van der Waals surface area contributed by atoms with E-state index in [-0.39, 0.29) is 0 Å². The number of benzene rings is 2. The van der Waals surface area contributed by atoms with Gasteiger partial charge >= 0.3 is 0 Å². The maximum atomic E-state index is 5.44. The van der Waals surface area contributed by atoms with Crippen molar-refractivity contribution in [3.8, 4) is 5.75 Å². The molecule has 2 nitrogen and oxygen atoms in total. The molecule has 0 unspecified atom stereocenters. The van der Waals surface area contributed by atoms with Crippen LogP contribution in [0.25, 0.3) is 21.8 Å². The third kappa shape index (κ3) is 1.84. The van der Waals surface area contributed by atoms with E-state index < -0.39 is 0 Å². The zero-order valence-corrected chi connectivity index (χ0v) is 11.7. The summed E-state index contributed by atoms with van der Waals surface area (Å²) in [6, 6.07) is 10.6. The van der Waals surface area contributed by atoms with Crippen molar-refractivity contribution in [2.75, 3.05) is 7.11 Å². The minimum absolute atomic E-state index is 0.929. The second-order valence-electron chi connectivity index (χ2n) is 5.09. The first-order chi connectivity index (χ1) is 9.10. The van der Waals surface area contributed by atoms with Crippen molar-refractivity contribution < 1.29 is 4.74 Å². The summed E-state index contributed by atoms with van der Waals surface area (Å²) in [5.74, 6) is 0.929. The largest absolute Gasteiger partial charge is 0.496 e. The molecule has 0 saturated carbocycles. The SMILES string of the molecule is COc1cc2cc3cc(C)ccc3nc2c(C)c1C. The zero-order valence-electron chi connectivity index (χ0n) is 11.7. The smallest absolute Gasteiger partial charge is 0.122 e. The van der Waals surface area contributed by atoms with Gasteiger partial charge in [0.2, 0.25) is 0 Å². The molecule has 19 heavy (non-hydrogen) atoms. The van der Waals surface area contributed by atoms with Gasteiger partial charge < -0.3 is 4.74 Å². The van der Waals surface area contributed by atoms with Crippen LogP contribution in [0.1, 0.15) is 16.7 Å². The van der Waals surface area contributed by atoms with E-state index in [0.29, 0.717) is 0 Å². The van der Waals surface area contributed by atoms with Crippen LogP contribution < -0.4 is 4.74 Å². The lowest BCUT2D eigenvalue weighted by molar-refractivity contribution is 0.412. The van der Waals surface area contributed by atoms with Gasteiger partial charge in [-0.05, 0) is 56.2 Å². The average molecular weight is 251 g/mol. The van der Waals surface area contributed by atoms with Crippen LogP contribution in [0, 0.1) is 20.8 Å². The fourth-order valence-corrected chi connectivity index (χ4v) is 2.55. The van der Waals surface area contributed by atoms with Crippen LogP contribution in [0.3, 0.4) is 0 Å². The highest BCUT2D eigenvalue weighted by Gasteiger charge is 2.09. The highest BCUT2D eigenvalue weighted by molar-refractivity contribution is 5.95. The average Bonchev–Trinajstić information content (AvgIpc) is 2.41. The van der Waals surface area contributed by atoms with Crippen molar-refractivity contribution >= 4 is 21.8 Å². The molecule has 0 amide bonds. The number of methoxy groups -OCH3 is 1. The van der Waals surface area contributed by atoms with Gasteiger partial charge in [0, 0.05) is 10.8 Å². The molecule has 0 bridgehead atoms. The number of pyridine rings is 1. The lowest BCUT2D eigenvalue weighted by atomic mass is 10.0. The van der Waals surface area contributed by atoms with Crippen molar-refractivity contribution in [1.82, 2.24) is 4.98 Å². The molecule has 0 atom stereocenters. The molecule has 1 aromatic heterocycles. The van der Waals surface area contributed by atoms with Crippen LogP contribution in [0.15, 0.2) is 30.3 Å². The van der Waals surface area contributed by atoms with E-state index in [1.165, 1.54) is 16.5 Å². The van der Waals surface area contributed by atoms with Crippen molar-refractivity contribution in [3.63, 3.8) is 0 Å². The molecular weight excluding hydrogens is 234 g/mol. The molecule has 3 aromatic rings. The Kier molecular flexibility index (Phi) is 2.67. The summed E-state index contributed by atoms with van der Waals surface area (Å²) in [5, 5.41) is 2.32. The lowest BCUT2D eigenvalue weighted by Crippen LogP contribution is -1.94. The number of fused-ring (bicyclic) bond motifs is 2. The van der Waals surface area contributed by atoms with Gasteiger partial charge in [-0.25, -0.2) is 4.98 Å². The Balaban J connectivity index is 2.44. The Hall–Kier alpha value is -2.09. The third-order valence-corrected chi connectivity index (χ3v) is 3.79. The van der Waals surface area contributed by atoms with Crippen LogP contribution in [0.4, 0.5) is 0 Å². The normalized spacial score (nSPS) is 11.2. The number of hydrogen-bond donors (Lipinski definition) is 0. The van der Waals surface area contributed by atoms with E-state index in [9.17, 15) is 0 Å². The summed E-state index contributed by atoms with van der Waals surface area (Å²) >= 11 is 0. The van der Waals surface area contributed by atoms with Gasteiger partial charge in [-0.15, -0.1) is 0 Å². The van der Waals surface area contributed by atoms with Gasteiger partial charge in [0.05, 0.1) is 18.1 Å². The Labute approximate surface area is 113 Å². The molecule has 0 aliphatic rings. The molecule has 1 heterocycles. The Morgan fingerprint density at radius 1 is 0.895 bits per heavy atom. The van der Waals surface area contributed by atoms with E-state index in [1.807, 2.05) is 0 Å². The van der Waals surface area contributed by atoms with Crippen molar-refractivity contribution in [1.29, 1.82) is 0 Å². The minimum atomic E-state index is 0.929. The summed E-state index contributed by atoms with van der Waals surface area (Å²) in [6.45, 7) is 6.28. The monoisotopic (exact) mass is 251 g/mol. The predicted molar refractivity (Wildman–Crippen MR) is 80.0 cm³/mol. The van der Waals surface area contributed by atoms with E-state index in [4.69, 9.17) is 9.72 Å². The molecule has 0 aliphatic carbocycles. The minimum Gasteiger partial charge on any atom is -0.496 e. The van der Waals surface area contributed by atoms with Gasteiger partial charge in [0.1, 0.15) is 5.75 Å². The summed E-state index contributed by atoms with van der Waals surface area (Å²) in [6.07, 6.45) is 0. The highest BCUT2D eigenvalue weighted by Crippen LogP contribution is 2.30. The maximum absolute atomic E-state index is 5.44. The molecule has 0 aliphatic heterocycles. The summed E-state index contributed by atoms with van der Waals surface area (Å²) in [7, 11) is 1.71. The lowest BCUT2D eigenvalue weighted by Gasteiger charge is -2.11. The second-order valence-corrected chi connectivity index (χ2v) is 5.09. The fraction of sp³-hybridized carbons (Fsp3) is 0.235. The van der Waals surface area contributed by atoms with Crippen LogP contribution in [-0.2, 0) is 0 Å². The summed E-state index contributed by atoms with van der Waals surface area (Å²) in [5.41, 5.74) is 5.72. The third-order valence-electron chi connectivity index (χ3n) is 3.79. The number of rotatable bonds is 1. The Bertz CT molecular complexity index is 790. The van der Waals surface area contributed by atoms with E-state index >= 15 is 0 Å². The number of hydrogen-bond acceptors (Lipinski definition) is 2. The molecule has 0 spiro atoms. The highest BCUT2D eigenvalue weighted by atomic mass is 16.5. The molecule has 0 saturated heterocycles. The van der Waals surface area contributed by atoms with Crippen molar-refractivity contribution in [2.24, 2.45) is 0 Å². The first-order valence-corrected chi connectivity index (χ1v) is 6.45. The number of aromatic nitrogens is 1. The fourth-order valence-electron chi connectivity index (χ4n) is 2.55. The summed E-state index contributed by atoms with van der Waals surface area (Å²) in [4.78, 5) is 4.80. The Morgan fingerprint density at radius 3 is 2.42 bits per heavy atom. The number of nitrogens with zero attached hydrogens (tertiary/aromatic N) is 1. The van der Waals surface area contributed by atoms with Gasteiger partial charge in [0.25, 0.3) is 0 Å². The second kappa shape index (κ2) is 4.23. The molecule has 96 valence electrons. The van der Waals surface area contributed by atoms with Gasteiger partial charge in [0.15, 0.2) is 0 Å². The maximum Gasteiger partial charge on any atom is 0.122 e. The number of ether oxygens (including phenoxy) is 1. The molecular formula is C17H17NO. The van der Waals surface area contributed by atoms with Crippen molar-refractivity contribution in [2.45, 2.75) is 20.8 Å². The van der Waals surface area contributed by atoms with E-state index in [2.05, 4.69) is 51.1 Å². The van der Waals surface area contributed by atoms with Gasteiger partial charge in [-0.3, -0.25) is 0 Å². The van der Waals surface area contributed by atoms with Gasteiger partial charge in [-0.1, -0.05) is 11.6 Å².